The average Bonchev–Trinajstić information content (AvgIpc) is 2.57. The highest BCUT2D eigenvalue weighted by Crippen LogP contribution is 2.48. The van der Waals surface area contributed by atoms with Crippen LogP contribution in [0.1, 0.15) is 79.0 Å². The van der Waals surface area contributed by atoms with Crippen molar-refractivity contribution in [3.63, 3.8) is 0 Å². The molecule has 0 unspecified atom stereocenters. The van der Waals surface area contributed by atoms with Crippen molar-refractivity contribution in [1.29, 1.82) is 0 Å². The number of nitrogens with zero attached hydrogens (tertiary/aromatic N) is 4. The number of rotatable bonds is 10. The van der Waals surface area contributed by atoms with E-state index < -0.39 is 8.07 Å². The predicted molar refractivity (Wildman–Crippen MR) is 358 cm³/mol. The van der Waals surface area contributed by atoms with Crippen molar-refractivity contribution in [3.05, 3.63) is 266 Å². The predicted octanol–water partition coefficient (Wildman–Crippen LogP) is 17.7. The molecular weight excluding hydrogens is 1050 g/mol. The van der Waals surface area contributed by atoms with E-state index in [0.717, 1.165) is 83.4 Å². The van der Waals surface area contributed by atoms with Gasteiger partial charge in [-0.1, -0.05) is 220 Å². The number of aromatic nitrogens is 2. The molecule has 13 aromatic rings. The minimum absolute atomic E-state index is 0.0904. The Kier molecular flexibility index (Phi) is 12.7. The van der Waals surface area contributed by atoms with Crippen molar-refractivity contribution in [1.82, 2.24) is 18.7 Å². The Bertz CT molecular complexity index is 4710. The van der Waals surface area contributed by atoms with Crippen LogP contribution in [0.3, 0.4) is 0 Å². The van der Waals surface area contributed by atoms with Crippen LogP contribution >= 0.6 is 0 Å². The van der Waals surface area contributed by atoms with Crippen LogP contribution < -0.4 is 34.6 Å². The fourth-order valence-corrected chi connectivity index (χ4v) is 17.5. The molecular formula is C78H68N4O2Si+2. The Hall–Kier alpha value is -9.65. The van der Waals surface area contributed by atoms with Crippen molar-refractivity contribution < 1.29 is 9.15 Å². The van der Waals surface area contributed by atoms with Crippen LogP contribution in [0.2, 0.25) is 0 Å². The molecule has 85 heavy (non-hydrogen) atoms. The van der Waals surface area contributed by atoms with E-state index >= 15 is 0 Å². The molecule has 0 fully saturated rings. The monoisotopic (exact) mass is 1120 g/mol. The minimum atomic E-state index is -2.86. The quantitative estimate of drug-likeness (QED) is 0.0779. The minimum Gasteiger partial charge on any atom is -0.457 e. The molecule has 1 aliphatic heterocycles. The van der Waals surface area contributed by atoms with Crippen LogP contribution in [0.4, 0.5) is 22.7 Å². The normalized spacial score (nSPS) is 13.0. The summed E-state index contributed by atoms with van der Waals surface area (Å²) in [7, 11) is -2.86. The number of fused-ring (bicyclic) bond motifs is 7. The van der Waals surface area contributed by atoms with Gasteiger partial charge in [0.1, 0.15) is 28.5 Å². The second-order valence-corrected chi connectivity index (χ2v) is 29.6. The van der Waals surface area contributed by atoms with Gasteiger partial charge in [0.15, 0.2) is 8.07 Å². The van der Waals surface area contributed by atoms with Gasteiger partial charge in [0.2, 0.25) is 11.4 Å². The van der Waals surface area contributed by atoms with Crippen molar-refractivity contribution in [2.45, 2.75) is 78.6 Å². The van der Waals surface area contributed by atoms with E-state index in [1.165, 1.54) is 37.4 Å². The second-order valence-electron chi connectivity index (χ2n) is 25.8. The van der Waals surface area contributed by atoms with Crippen LogP contribution in [-0.4, -0.2) is 23.6 Å². The molecule has 14 rings (SSSR count). The van der Waals surface area contributed by atoms with Gasteiger partial charge in [0, 0.05) is 63.6 Å². The SMILES string of the molecule is CC(C)(C)c1cc([N+]2=C=[N+](c3cccc(Oc4ccc5c6cc([Si](c7ccccc7)(c7ccccc7)c7ccccc7)ccc6n(-c6cc(C(C)(C)C)ccn6)c5c4)c3)c3cccc(-c4cccc5c4oc4ccccc45)c32)cc(C(C)(C)C)c1. The summed E-state index contributed by atoms with van der Waals surface area (Å²) in [6.07, 6.45) is 1.95. The number of para-hydroxylation sites is 3. The van der Waals surface area contributed by atoms with E-state index in [1.807, 2.05) is 18.3 Å². The van der Waals surface area contributed by atoms with E-state index in [2.05, 4.69) is 313 Å². The molecule has 0 bridgehead atoms. The summed E-state index contributed by atoms with van der Waals surface area (Å²) < 4.78 is 20.6. The van der Waals surface area contributed by atoms with Crippen molar-refractivity contribution >= 4 is 101 Å². The maximum Gasteiger partial charge on any atom is 0.503 e. The summed E-state index contributed by atoms with van der Waals surface area (Å²) in [5.41, 5.74) is 13.3. The number of ether oxygens (including phenoxy) is 1. The van der Waals surface area contributed by atoms with E-state index in [4.69, 9.17) is 14.1 Å². The zero-order valence-corrected chi connectivity index (χ0v) is 50.8. The third-order valence-electron chi connectivity index (χ3n) is 17.2. The molecule has 10 aromatic carbocycles. The molecule has 0 atom stereocenters. The third kappa shape index (κ3) is 9.23. The Morgan fingerprint density at radius 2 is 1.02 bits per heavy atom. The first kappa shape index (κ1) is 53.4. The first-order valence-corrected chi connectivity index (χ1v) is 31.6. The lowest BCUT2D eigenvalue weighted by molar-refractivity contribution is 0.483. The first-order chi connectivity index (χ1) is 41.0. The summed E-state index contributed by atoms with van der Waals surface area (Å²) >= 11 is 0. The topological polar surface area (TPSA) is 46.2 Å². The van der Waals surface area contributed by atoms with Crippen LogP contribution in [0.25, 0.3) is 60.7 Å². The number of pyridine rings is 1. The highest BCUT2D eigenvalue weighted by molar-refractivity contribution is 7.20. The Labute approximate surface area is 498 Å². The Morgan fingerprint density at radius 3 is 1.69 bits per heavy atom. The molecule has 1 aliphatic rings. The lowest BCUT2D eigenvalue weighted by Crippen LogP contribution is -2.74. The average molecular weight is 1120 g/mol. The lowest BCUT2D eigenvalue weighted by atomic mass is 9.80. The number of furan rings is 1. The Balaban J connectivity index is 0.934. The van der Waals surface area contributed by atoms with Gasteiger partial charge in [-0.05, 0) is 111 Å². The Morgan fingerprint density at radius 1 is 0.424 bits per heavy atom. The number of hydrogen-bond acceptors (Lipinski definition) is 3. The largest absolute Gasteiger partial charge is 0.503 e. The fourth-order valence-electron chi connectivity index (χ4n) is 12.8. The molecule has 4 heterocycles. The molecule has 0 N–H and O–H groups in total. The number of benzene rings is 10. The molecule has 3 aromatic heterocycles. The summed E-state index contributed by atoms with van der Waals surface area (Å²) in [4.78, 5) is 5.12. The molecule has 0 saturated carbocycles. The maximum atomic E-state index is 7.07. The summed E-state index contributed by atoms with van der Waals surface area (Å²) in [6.45, 7) is 20.5. The highest BCUT2D eigenvalue weighted by Gasteiger charge is 2.43. The zero-order valence-electron chi connectivity index (χ0n) is 49.8. The van der Waals surface area contributed by atoms with Gasteiger partial charge in [0.25, 0.3) is 5.69 Å². The maximum absolute atomic E-state index is 7.07. The molecule has 0 radical (unpaired) electrons. The van der Waals surface area contributed by atoms with Crippen molar-refractivity contribution in [2.75, 3.05) is 0 Å². The molecule has 6 nitrogen and oxygen atoms in total. The van der Waals surface area contributed by atoms with Gasteiger partial charge in [-0.25, -0.2) is 4.98 Å². The van der Waals surface area contributed by atoms with E-state index in [1.54, 1.807) is 0 Å². The fraction of sp³-hybridized carbons (Fsp3) is 0.154. The molecule has 0 aliphatic carbocycles. The van der Waals surface area contributed by atoms with E-state index in [0.29, 0.717) is 11.5 Å². The van der Waals surface area contributed by atoms with Crippen LogP contribution in [0.15, 0.2) is 253 Å². The van der Waals surface area contributed by atoms with Gasteiger partial charge < -0.3 is 9.15 Å². The highest BCUT2D eigenvalue weighted by atomic mass is 28.3. The van der Waals surface area contributed by atoms with Gasteiger partial charge in [-0.2, -0.15) is 0 Å². The van der Waals surface area contributed by atoms with E-state index in [-0.39, 0.29) is 16.2 Å². The van der Waals surface area contributed by atoms with Crippen LogP contribution in [0, 0.1) is 0 Å². The summed E-state index contributed by atoms with van der Waals surface area (Å²) in [5, 5.41) is 9.77. The smallest absolute Gasteiger partial charge is 0.457 e. The van der Waals surface area contributed by atoms with Crippen molar-refractivity contribution in [3.8, 4) is 28.4 Å². The molecule has 0 amide bonds. The standard InChI is InChI=1S/C78H68N4O2Si/c1-76(2,3)52-42-43-79-73(47-52)82-69-41-39-62(85(59-26-13-10-14-27-59,60-28-15-11-16-29-60)61-30-17-12-18-31-61)50-68(69)63-40-38-58(49-71(63)82)83-57-25-21-24-55(48-57)80-51-81(56-45-53(77(4,5)6)44-54(46-56)78(7,8)9)74-65(33-23-36-70(74)80)67-35-22-34-66-64-32-19-20-37-72(64)84-75(66)67/h10-50H,1-9H3/q+2. The van der Waals surface area contributed by atoms with Crippen LogP contribution in [0.5, 0.6) is 11.5 Å². The second kappa shape index (κ2) is 20.3. The molecule has 7 heteroatoms. The van der Waals surface area contributed by atoms with Gasteiger partial charge in [-0.15, -0.1) is 0 Å². The summed E-state index contributed by atoms with van der Waals surface area (Å²) in [6, 6.07) is 92.3. The van der Waals surface area contributed by atoms with E-state index in [9.17, 15) is 0 Å². The van der Waals surface area contributed by atoms with Crippen molar-refractivity contribution in [2.24, 2.45) is 0 Å². The summed E-state index contributed by atoms with van der Waals surface area (Å²) in [5.74, 6) is 2.28. The van der Waals surface area contributed by atoms with Gasteiger partial charge in [-0.3, -0.25) is 4.57 Å². The van der Waals surface area contributed by atoms with Gasteiger partial charge in [0.05, 0.1) is 22.7 Å². The molecule has 0 spiro atoms. The lowest BCUT2D eigenvalue weighted by Gasteiger charge is -2.34. The number of hydrogen-bond donors (Lipinski definition) is 0. The zero-order chi connectivity index (χ0) is 58.4. The first-order valence-electron chi connectivity index (χ1n) is 29.6. The third-order valence-corrected chi connectivity index (χ3v) is 22.0. The molecule has 0 saturated heterocycles. The van der Waals surface area contributed by atoms with Gasteiger partial charge >= 0.3 is 11.7 Å². The van der Waals surface area contributed by atoms with Crippen LogP contribution in [-0.2, 0) is 16.2 Å². The molecule has 414 valence electrons.